The number of carbonyl (C=O) groups excluding carboxylic acids is 1. The highest BCUT2D eigenvalue weighted by atomic mass is 31.2. The van der Waals surface area contributed by atoms with Crippen molar-refractivity contribution < 1.29 is 32.9 Å². The van der Waals surface area contributed by atoms with Crippen molar-refractivity contribution >= 4 is 13.7 Å². The zero-order valence-electron chi connectivity index (χ0n) is 56.3. The third kappa shape index (κ3) is 68.5. The molecule has 3 N–H and O–H groups in total. The fourth-order valence-corrected chi connectivity index (χ4v) is 11.0. The van der Waals surface area contributed by atoms with Crippen molar-refractivity contribution in [3.05, 3.63) is 109 Å². The van der Waals surface area contributed by atoms with Gasteiger partial charge < -0.3 is 19.8 Å². The van der Waals surface area contributed by atoms with Crippen LogP contribution in [-0.4, -0.2) is 73.4 Å². The number of phosphoric acid groups is 1. The standard InChI is InChI=1S/C76H137N2O6P/c1-6-8-10-12-14-16-18-20-22-24-26-28-30-32-34-35-36-37-38-39-40-41-42-43-44-46-48-50-52-54-56-58-60-62-64-66-68-70-76(80)77-74(73-84-85(81,82)83-72-71-78(3,4)5)75(79)69-67-65-63-61-59-57-55-53-51-49-47-45-33-31-29-27-25-23-21-19-17-15-13-11-9-7-2/h8,10,14,16,20,22,26,28,32,34,36-37,39-40,59,61,67,69,74-75,79H,6-7,9,11-13,15,17-19,21,23-25,27,29-31,33,35,38,41-58,60,62-66,68,70-73H2,1-5H3,(H-,77,80,81,82)/p+1/b10-8-,16-14-,22-20-,28-26-,34-32-,37-36-,40-39-,61-59+,69-67+. The molecular formula is C76H138N2O6P+. The summed E-state index contributed by atoms with van der Waals surface area (Å²) < 4.78 is 23.8. The molecule has 0 aromatic carbocycles. The second-order valence-electron chi connectivity index (χ2n) is 25.2. The number of hydrogen-bond donors (Lipinski definition) is 3. The number of phosphoric ester groups is 1. The van der Waals surface area contributed by atoms with E-state index in [2.05, 4.69) is 116 Å². The molecule has 9 heteroatoms. The van der Waals surface area contributed by atoms with Gasteiger partial charge >= 0.3 is 7.82 Å². The summed E-state index contributed by atoms with van der Waals surface area (Å²) in [5.41, 5.74) is 0. The van der Waals surface area contributed by atoms with Gasteiger partial charge in [-0.1, -0.05) is 329 Å². The van der Waals surface area contributed by atoms with Gasteiger partial charge in [0.2, 0.25) is 5.91 Å². The molecule has 0 aliphatic heterocycles. The normalized spacial score (nSPS) is 14.3. The molecule has 0 saturated heterocycles. The molecule has 0 fully saturated rings. The molecule has 3 unspecified atom stereocenters. The maximum Gasteiger partial charge on any atom is 0.472 e. The molecular weight excluding hydrogens is 1070 g/mol. The van der Waals surface area contributed by atoms with Crippen molar-refractivity contribution in [2.45, 2.75) is 328 Å². The number of aliphatic hydroxyl groups excluding tert-OH is 1. The van der Waals surface area contributed by atoms with Crippen molar-refractivity contribution in [3.63, 3.8) is 0 Å². The van der Waals surface area contributed by atoms with E-state index >= 15 is 0 Å². The molecule has 492 valence electrons. The fourth-order valence-electron chi connectivity index (χ4n) is 10.2. The molecule has 0 saturated carbocycles. The number of rotatable bonds is 65. The van der Waals surface area contributed by atoms with Gasteiger partial charge in [-0.3, -0.25) is 13.8 Å². The number of nitrogens with one attached hydrogen (secondary N) is 1. The SMILES string of the molecule is CC/C=C\C/C=C\C/C=C\C/C=C\C/C=C\C/C=C\C/C=C\CCCCCCCCCCCCCCCCCC(=O)NC(COP(=O)(O)OCC[N+](C)(C)C)C(O)/C=C/CC/C=C/CCCCCCCCCCCCCCCCCCCCCC. The summed E-state index contributed by atoms with van der Waals surface area (Å²) in [6, 6.07) is -0.871. The van der Waals surface area contributed by atoms with Crippen LogP contribution in [0.5, 0.6) is 0 Å². The van der Waals surface area contributed by atoms with Crippen LogP contribution < -0.4 is 5.32 Å². The van der Waals surface area contributed by atoms with Crippen molar-refractivity contribution in [2.75, 3.05) is 40.9 Å². The number of aliphatic hydroxyl groups is 1. The quantitative estimate of drug-likeness (QED) is 0.0243. The summed E-state index contributed by atoms with van der Waals surface area (Å²) in [6.07, 6.45) is 96.7. The molecule has 0 aromatic heterocycles. The summed E-state index contributed by atoms with van der Waals surface area (Å²) in [5, 5.41) is 14.0. The third-order valence-corrected chi connectivity index (χ3v) is 16.7. The first-order valence-corrected chi connectivity index (χ1v) is 37.3. The zero-order valence-corrected chi connectivity index (χ0v) is 57.2. The van der Waals surface area contributed by atoms with E-state index in [0.717, 1.165) is 83.5 Å². The second-order valence-corrected chi connectivity index (χ2v) is 26.7. The average Bonchev–Trinajstić information content (AvgIpc) is 3.49. The molecule has 85 heavy (non-hydrogen) atoms. The number of likely N-dealkylation sites (N-methyl/N-ethyl adjacent to an activating group) is 1. The Labute approximate surface area is 527 Å². The van der Waals surface area contributed by atoms with Crippen molar-refractivity contribution in [2.24, 2.45) is 0 Å². The lowest BCUT2D eigenvalue weighted by Crippen LogP contribution is -2.45. The lowest BCUT2D eigenvalue weighted by molar-refractivity contribution is -0.870. The minimum absolute atomic E-state index is 0.0531. The molecule has 3 atom stereocenters. The minimum atomic E-state index is -4.37. The van der Waals surface area contributed by atoms with Crippen LogP contribution in [-0.2, 0) is 18.4 Å². The molecule has 0 radical (unpaired) electrons. The zero-order chi connectivity index (χ0) is 61.9. The van der Waals surface area contributed by atoms with Gasteiger partial charge in [-0.25, -0.2) is 4.57 Å². The van der Waals surface area contributed by atoms with Crippen molar-refractivity contribution in [1.29, 1.82) is 0 Å². The topological polar surface area (TPSA) is 105 Å². The van der Waals surface area contributed by atoms with E-state index < -0.39 is 20.0 Å². The predicted molar refractivity (Wildman–Crippen MR) is 373 cm³/mol. The van der Waals surface area contributed by atoms with Crippen LogP contribution in [0.25, 0.3) is 0 Å². The molecule has 0 spiro atoms. The van der Waals surface area contributed by atoms with E-state index in [1.54, 1.807) is 6.08 Å². The first kappa shape index (κ1) is 82.2. The summed E-state index contributed by atoms with van der Waals surface area (Å²) >= 11 is 0. The summed E-state index contributed by atoms with van der Waals surface area (Å²) in [6.45, 7) is 4.71. The highest BCUT2D eigenvalue weighted by molar-refractivity contribution is 7.47. The maximum absolute atomic E-state index is 13.1. The van der Waals surface area contributed by atoms with Crippen LogP contribution in [0, 0.1) is 0 Å². The molecule has 0 aliphatic carbocycles. The van der Waals surface area contributed by atoms with Gasteiger partial charge in [0.05, 0.1) is 39.9 Å². The highest BCUT2D eigenvalue weighted by Gasteiger charge is 2.28. The van der Waals surface area contributed by atoms with Crippen molar-refractivity contribution in [1.82, 2.24) is 5.32 Å². The number of hydrogen-bond acceptors (Lipinski definition) is 5. The molecule has 0 bridgehead atoms. The number of carbonyl (C=O) groups is 1. The van der Waals surface area contributed by atoms with Crippen LogP contribution in [0.15, 0.2) is 109 Å². The first-order chi connectivity index (χ1) is 41.5. The average molecular weight is 1210 g/mol. The van der Waals surface area contributed by atoms with Crippen LogP contribution >= 0.6 is 7.82 Å². The molecule has 0 aliphatic rings. The van der Waals surface area contributed by atoms with Gasteiger partial charge in [-0.05, 0) is 89.9 Å². The Hall–Kier alpha value is -2.84. The Morgan fingerprint density at radius 3 is 1.08 bits per heavy atom. The molecule has 0 aromatic rings. The Kier molecular flexibility index (Phi) is 63.4. The molecule has 1 amide bonds. The number of unbranched alkanes of at least 4 members (excludes halogenated alkanes) is 36. The van der Waals surface area contributed by atoms with Gasteiger partial charge in [0.1, 0.15) is 13.2 Å². The molecule has 8 nitrogen and oxygen atoms in total. The Bertz CT molecular complexity index is 1760. The van der Waals surface area contributed by atoms with Crippen LogP contribution in [0.1, 0.15) is 316 Å². The second kappa shape index (κ2) is 65.6. The third-order valence-electron chi connectivity index (χ3n) is 15.7. The molecule has 0 heterocycles. The number of amides is 1. The van der Waals surface area contributed by atoms with E-state index in [1.165, 1.54) is 212 Å². The van der Waals surface area contributed by atoms with E-state index in [4.69, 9.17) is 9.05 Å². The number of nitrogens with zero attached hydrogens (tertiary/aromatic N) is 1. The molecule has 0 rings (SSSR count). The van der Waals surface area contributed by atoms with Gasteiger partial charge in [0.25, 0.3) is 0 Å². The summed E-state index contributed by atoms with van der Waals surface area (Å²) in [7, 11) is 1.55. The van der Waals surface area contributed by atoms with E-state index in [0.29, 0.717) is 17.4 Å². The van der Waals surface area contributed by atoms with Crippen LogP contribution in [0.2, 0.25) is 0 Å². The fraction of sp³-hybridized carbons (Fsp3) is 0.750. The minimum Gasteiger partial charge on any atom is -0.387 e. The van der Waals surface area contributed by atoms with Gasteiger partial charge in [0, 0.05) is 6.42 Å². The van der Waals surface area contributed by atoms with Gasteiger partial charge in [0.15, 0.2) is 0 Å². The number of quaternary nitrogens is 1. The van der Waals surface area contributed by atoms with E-state index in [-0.39, 0.29) is 19.1 Å². The first-order valence-electron chi connectivity index (χ1n) is 35.8. The summed E-state index contributed by atoms with van der Waals surface area (Å²) in [5.74, 6) is -0.187. The van der Waals surface area contributed by atoms with Crippen LogP contribution in [0.4, 0.5) is 0 Å². The lowest BCUT2D eigenvalue weighted by atomic mass is 10.0. The smallest absolute Gasteiger partial charge is 0.387 e. The Morgan fingerprint density at radius 2 is 0.718 bits per heavy atom. The highest BCUT2D eigenvalue weighted by Crippen LogP contribution is 2.43. The lowest BCUT2D eigenvalue weighted by Gasteiger charge is -2.25. The van der Waals surface area contributed by atoms with E-state index in [9.17, 15) is 19.4 Å². The Morgan fingerprint density at radius 1 is 0.412 bits per heavy atom. The number of allylic oxidation sites excluding steroid dienone is 17. The van der Waals surface area contributed by atoms with Crippen molar-refractivity contribution in [3.8, 4) is 0 Å². The summed E-state index contributed by atoms with van der Waals surface area (Å²) in [4.78, 5) is 23.4. The maximum atomic E-state index is 13.1. The van der Waals surface area contributed by atoms with E-state index in [1.807, 2.05) is 27.2 Å². The monoisotopic (exact) mass is 1210 g/mol. The van der Waals surface area contributed by atoms with Gasteiger partial charge in [-0.2, -0.15) is 0 Å². The predicted octanol–water partition coefficient (Wildman–Crippen LogP) is 23.1. The Balaban J connectivity index is 4.09. The van der Waals surface area contributed by atoms with Gasteiger partial charge in [-0.15, -0.1) is 0 Å². The largest absolute Gasteiger partial charge is 0.472 e. The van der Waals surface area contributed by atoms with Crippen LogP contribution in [0.3, 0.4) is 0 Å².